The van der Waals surface area contributed by atoms with E-state index in [0.29, 0.717) is 18.7 Å². The Kier molecular flexibility index (Phi) is 6.16. The zero-order valence-electron chi connectivity index (χ0n) is 15.4. The summed E-state index contributed by atoms with van der Waals surface area (Å²) in [6.45, 7) is 0. The Morgan fingerprint density at radius 2 is 1.82 bits per heavy atom. The van der Waals surface area contributed by atoms with Gasteiger partial charge in [0.15, 0.2) is 5.82 Å². The Labute approximate surface area is 166 Å². The standard InChI is InChI=1S/C20H19ClFN3O3/c1-27-15-7-12(8-16(11-15)28-2)3-5-14-10-19(25-24-14)23-20(26)17-9-13(21)4-6-18(17)22/h4,6-11H,3,5H2,1-2H3,(H2,23,24,25,26). The molecule has 1 aromatic heterocycles. The van der Waals surface area contributed by atoms with Crippen LogP contribution in [0.3, 0.4) is 0 Å². The summed E-state index contributed by atoms with van der Waals surface area (Å²) in [5, 5.41) is 9.76. The maximum absolute atomic E-state index is 13.8. The third-order valence-corrected chi connectivity index (χ3v) is 4.37. The van der Waals surface area contributed by atoms with Crippen molar-refractivity contribution in [2.45, 2.75) is 12.8 Å². The number of carbonyl (C=O) groups excluding carboxylic acids is 1. The lowest BCUT2D eigenvalue weighted by Gasteiger charge is -2.08. The van der Waals surface area contributed by atoms with Gasteiger partial charge in [-0.05, 0) is 48.7 Å². The maximum Gasteiger partial charge on any atom is 0.259 e. The molecule has 3 rings (SSSR count). The van der Waals surface area contributed by atoms with Crippen molar-refractivity contribution in [1.82, 2.24) is 10.2 Å². The van der Waals surface area contributed by atoms with E-state index in [0.717, 1.165) is 28.8 Å². The number of nitrogens with one attached hydrogen (secondary N) is 2. The summed E-state index contributed by atoms with van der Waals surface area (Å²) in [7, 11) is 3.20. The SMILES string of the molecule is COc1cc(CCc2cc(NC(=O)c3cc(Cl)ccc3F)n[nH]2)cc(OC)c1. The minimum absolute atomic E-state index is 0.138. The number of anilines is 1. The molecule has 0 saturated carbocycles. The molecule has 0 saturated heterocycles. The minimum Gasteiger partial charge on any atom is -0.497 e. The summed E-state index contributed by atoms with van der Waals surface area (Å²) in [4.78, 5) is 12.2. The summed E-state index contributed by atoms with van der Waals surface area (Å²) in [6, 6.07) is 11.2. The number of hydrogen-bond acceptors (Lipinski definition) is 4. The molecule has 1 amide bonds. The average molecular weight is 404 g/mol. The number of nitrogens with zero attached hydrogens (tertiary/aromatic N) is 1. The van der Waals surface area contributed by atoms with E-state index in [2.05, 4.69) is 15.5 Å². The van der Waals surface area contributed by atoms with Gasteiger partial charge >= 0.3 is 0 Å². The van der Waals surface area contributed by atoms with Crippen molar-refractivity contribution in [3.05, 3.63) is 70.1 Å². The predicted octanol–water partition coefficient (Wildman–Crippen LogP) is 4.26. The van der Waals surface area contributed by atoms with E-state index in [-0.39, 0.29) is 10.6 Å². The Hall–Kier alpha value is -3.06. The van der Waals surface area contributed by atoms with Gasteiger partial charge in [0.25, 0.3) is 5.91 Å². The monoisotopic (exact) mass is 403 g/mol. The molecular weight excluding hydrogens is 385 g/mol. The van der Waals surface area contributed by atoms with Crippen molar-refractivity contribution in [3.63, 3.8) is 0 Å². The van der Waals surface area contributed by atoms with Crippen LogP contribution in [0, 0.1) is 5.82 Å². The summed E-state index contributed by atoms with van der Waals surface area (Å²) in [5.74, 6) is 0.480. The molecule has 146 valence electrons. The number of rotatable bonds is 7. The van der Waals surface area contributed by atoms with E-state index in [4.69, 9.17) is 21.1 Å². The third kappa shape index (κ3) is 4.80. The van der Waals surface area contributed by atoms with Crippen molar-refractivity contribution in [2.24, 2.45) is 0 Å². The lowest BCUT2D eigenvalue weighted by atomic mass is 10.1. The molecule has 3 aromatic rings. The van der Waals surface area contributed by atoms with E-state index < -0.39 is 11.7 Å². The fraction of sp³-hybridized carbons (Fsp3) is 0.200. The highest BCUT2D eigenvalue weighted by Crippen LogP contribution is 2.23. The molecule has 0 unspecified atom stereocenters. The first-order valence-electron chi connectivity index (χ1n) is 8.51. The lowest BCUT2D eigenvalue weighted by molar-refractivity contribution is 0.102. The number of carbonyl (C=O) groups is 1. The fourth-order valence-electron chi connectivity index (χ4n) is 2.70. The number of aromatic amines is 1. The van der Waals surface area contributed by atoms with Crippen LogP contribution in [0.25, 0.3) is 0 Å². The molecule has 0 bridgehead atoms. The topological polar surface area (TPSA) is 76.2 Å². The van der Waals surface area contributed by atoms with Crippen LogP contribution in [0.4, 0.5) is 10.2 Å². The number of aromatic nitrogens is 2. The van der Waals surface area contributed by atoms with Crippen LogP contribution in [-0.2, 0) is 12.8 Å². The third-order valence-electron chi connectivity index (χ3n) is 4.14. The van der Waals surface area contributed by atoms with Crippen molar-refractivity contribution >= 4 is 23.3 Å². The number of amides is 1. The van der Waals surface area contributed by atoms with Gasteiger partial charge in [-0.2, -0.15) is 5.10 Å². The van der Waals surface area contributed by atoms with Gasteiger partial charge in [-0.3, -0.25) is 9.89 Å². The molecule has 0 radical (unpaired) electrons. The molecule has 8 heteroatoms. The second-order valence-electron chi connectivity index (χ2n) is 6.08. The lowest BCUT2D eigenvalue weighted by Crippen LogP contribution is -2.14. The second kappa shape index (κ2) is 8.75. The largest absolute Gasteiger partial charge is 0.497 e. The summed E-state index contributed by atoms with van der Waals surface area (Å²) in [6.07, 6.45) is 1.37. The van der Waals surface area contributed by atoms with E-state index in [1.165, 1.54) is 12.1 Å². The Morgan fingerprint density at radius 1 is 1.11 bits per heavy atom. The number of hydrogen-bond donors (Lipinski definition) is 2. The summed E-state index contributed by atoms with van der Waals surface area (Å²) in [5.41, 5.74) is 1.72. The molecule has 0 aliphatic rings. The molecule has 0 aliphatic heterocycles. The number of methoxy groups -OCH3 is 2. The average Bonchev–Trinajstić information content (AvgIpc) is 3.15. The van der Waals surface area contributed by atoms with E-state index in [1.807, 2.05) is 18.2 Å². The highest BCUT2D eigenvalue weighted by molar-refractivity contribution is 6.31. The number of H-pyrrole nitrogens is 1. The van der Waals surface area contributed by atoms with Gasteiger partial charge in [0.2, 0.25) is 0 Å². The van der Waals surface area contributed by atoms with Crippen LogP contribution in [0.5, 0.6) is 11.5 Å². The van der Waals surface area contributed by atoms with Crippen LogP contribution in [0.15, 0.2) is 42.5 Å². The fourth-order valence-corrected chi connectivity index (χ4v) is 2.87. The molecule has 28 heavy (non-hydrogen) atoms. The van der Waals surface area contributed by atoms with Gasteiger partial charge in [0, 0.05) is 22.8 Å². The number of benzene rings is 2. The van der Waals surface area contributed by atoms with Gasteiger partial charge in [-0.15, -0.1) is 0 Å². The molecule has 0 aliphatic carbocycles. The molecule has 0 spiro atoms. The maximum atomic E-state index is 13.8. The van der Waals surface area contributed by atoms with Crippen molar-refractivity contribution < 1.29 is 18.7 Å². The number of aryl methyl sites for hydroxylation is 2. The van der Waals surface area contributed by atoms with E-state index >= 15 is 0 Å². The van der Waals surface area contributed by atoms with Crippen LogP contribution >= 0.6 is 11.6 Å². The number of halogens is 2. The zero-order chi connectivity index (χ0) is 20.1. The molecule has 0 atom stereocenters. The second-order valence-corrected chi connectivity index (χ2v) is 6.51. The highest BCUT2D eigenvalue weighted by atomic mass is 35.5. The molecule has 6 nitrogen and oxygen atoms in total. The quantitative estimate of drug-likeness (QED) is 0.618. The van der Waals surface area contributed by atoms with Gasteiger partial charge in [-0.25, -0.2) is 4.39 Å². The molecule has 2 N–H and O–H groups in total. The predicted molar refractivity (Wildman–Crippen MR) is 105 cm³/mol. The molecule has 1 heterocycles. The van der Waals surface area contributed by atoms with E-state index in [1.54, 1.807) is 20.3 Å². The van der Waals surface area contributed by atoms with Gasteiger partial charge in [0.1, 0.15) is 17.3 Å². The van der Waals surface area contributed by atoms with Gasteiger partial charge < -0.3 is 14.8 Å². The Morgan fingerprint density at radius 3 is 2.50 bits per heavy atom. The zero-order valence-corrected chi connectivity index (χ0v) is 16.1. The summed E-state index contributed by atoms with van der Waals surface area (Å²) < 4.78 is 24.3. The Balaban J connectivity index is 1.64. The smallest absolute Gasteiger partial charge is 0.259 e. The Bertz CT molecular complexity index is 968. The van der Waals surface area contributed by atoms with Crippen molar-refractivity contribution in [1.29, 1.82) is 0 Å². The molecular formula is C20H19ClFN3O3. The first kappa shape index (κ1) is 19.7. The number of ether oxygens (including phenoxy) is 2. The van der Waals surface area contributed by atoms with Crippen molar-refractivity contribution in [2.75, 3.05) is 19.5 Å². The van der Waals surface area contributed by atoms with Crippen LogP contribution in [-0.4, -0.2) is 30.3 Å². The first-order valence-corrected chi connectivity index (χ1v) is 8.89. The first-order chi connectivity index (χ1) is 13.5. The molecule has 0 fully saturated rings. The van der Waals surface area contributed by atoms with Gasteiger partial charge in [0.05, 0.1) is 19.8 Å². The van der Waals surface area contributed by atoms with Gasteiger partial charge in [-0.1, -0.05) is 11.6 Å². The minimum atomic E-state index is -0.648. The highest BCUT2D eigenvalue weighted by Gasteiger charge is 2.14. The summed E-state index contributed by atoms with van der Waals surface area (Å²) >= 11 is 5.82. The van der Waals surface area contributed by atoms with E-state index in [9.17, 15) is 9.18 Å². The normalized spacial score (nSPS) is 10.6. The van der Waals surface area contributed by atoms with Crippen LogP contribution in [0.2, 0.25) is 5.02 Å². The van der Waals surface area contributed by atoms with Crippen LogP contribution < -0.4 is 14.8 Å². The van der Waals surface area contributed by atoms with Crippen LogP contribution in [0.1, 0.15) is 21.6 Å². The van der Waals surface area contributed by atoms with Crippen molar-refractivity contribution in [3.8, 4) is 11.5 Å². The molecule has 2 aromatic carbocycles.